The first-order valence-corrected chi connectivity index (χ1v) is 8.00. The molecule has 0 heterocycles. The van der Waals surface area contributed by atoms with Gasteiger partial charge in [0.25, 0.3) is 0 Å². The molecule has 1 atom stereocenters. The predicted octanol–water partition coefficient (Wildman–Crippen LogP) is 5.27. The second-order valence-corrected chi connectivity index (χ2v) is 6.33. The second-order valence-electron chi connectivity index (χ2n) is 5.92. The van der Waals surface area contributed by atoms with Gasteiger partial charge in [0.05, 0.1) is 0 Å². The van der Waals surface area contributed by atoms with E-state index in [2.05, 4.69) is 44.3 Å². The summed E-state index contributed by atoms with van der Waals surface area (Å²) in [5.74, 6) is 0. The van der Waals surface area contributed by atoms with Crippen molar-refractivity contribution in [2.75, 3.05) is 6.54 Å². The fourth-order valence-electron chi connectivity index (χ4n) is 3.61. The lowest BCUT2D eigenvalue weighted by molar-refractivity contribution is 0.189. The summed E-state index contributed by atoms with van der Waals surface area (Å²) in [6, 6.07) is 7.02. The van der Waals surface area contributed by atoms with Gasteiger partial charge in [0, 0.05) is 11.1 Å². The van der Waals surface area contributed by atoms with Crippen LogP contribution in [0.4, 0.5) is 0 Å². The molecule has 0 radical (unpaired) electrons. The Bertz CT molecular complexity index is 421. The zero-order valence-electron chi connectivity index (χ0n) is 12.4. The van der Waals surface area contributed by atoms with E-state index in [1.165, 1.54) is 37.7 Å². The van der Waals surface area contributed by atoms with Crippen LogP contribution in [0.15, 0.2) is 18.2 Å². The highest BCUT2D eigenvalue weighted by Gasteiger charge is 2.40. The molecule has 0 aromatic heterocycles. The molecular formula is C17H26ClN. The highest BCUT2D eigenvalue weighted by atomic mass is 35.5. The number of hydrogen-bond acceptors (Lipinski definition) is 1. The van der Waals surface area contributed by atoms with Gasteiger partial charge in [-0.05, 0) is 55.3 Å². The minimum Gasteiger partial charge on any atom is -0.310 e. The number of hydrogen-bond donors (Lipinski definition) is 1. The van der Waals surface area contributed by atoms with Crippen molar-refractivity contribution in [2.45, 2.75) is 58.9 Å². The Balaban J connectivity index is 2.35. The number of halogens is 1. The van der Waals surface area contributed by atoms with E-state index in [9.17, 15) is 0 Å². The van der Waals surface area contributed by atoms with Gasteiger partial charge in [-0.2, -0.15) is 0 Å². The lowest BCUT2D eigenvalue weighted by Gasteiger charge is -2.38. The van der Waals surface area contributed by atoms with E-state index in [4.69, 9.17) is 11.6 Å². The van der Waals surface area contributed by atoms with Gasteiger partial charge in [-0.3, -0.25) is 0 Å². The zero-order valence-corrected chi connectivity index (χ0v) is 13.2. The SMILES string of the molecule is CCNC(c1ccc(C)c(Cl)c1)C1(CC)CCCC1. The molecule has 1 fully saturated rings. The van der Waals surface area contributed by atoms with E-state index in [0.717, 1.165) is 17.1 Å². The van der Waals surface area contributed by atoms with Gasteiger partial charge in [0.2, 0.25) is 0 Å². The first-order valence-electron chi connectivity index (χ1n) is 7.62. The number of rotatable bonds is 5. The highest BCUT2D eigenvalue weighted by molar-refractivity contribution is 6.31. The van der Waals surface area contributed by atoms with Gasteiger partial charge in [-0.1, -0.05) is 50.4 Å². The third-order valence-electron chi connectivity index (χ3n) is 4.85. The van der Waals surface area contributed by atoms with E-state index in [-0.39, 0.29) is 0 Å². The molecule has 2 rings (SSSR count). The smallest absolute Gasteiger partial charge is 0.0438 e. The Kier molecular flexibility index (Phi) is 4.92. The van der Waals surface area contributed by atoms with Crippen molar-refractivity contribution in [1.82, 2.24) is 5.32 Å². The van der Waals surface area contributed by atoms with Crippen LogP contribution < -0.4 is 5.32 Å². The van der Waals surface area contributed by atoms with Crippen LogP contribution in [-0.4, -0.2) is 6.54 Å². The Hall–Kier alpha value is -0.530. The molecule has 1 nitrogen and oxygen atoms in total. The normalized spacial score (nSPS) is 19.6. The first kappa shape index (κ1) is 14.9. The molecule has 1 aliphatic carbocycles. The molecule has 0 spiro atoms. The molecule has 1 aromatic carbocycles. The molecule has 1 aromatic rings. The van der Waals surface area contributed by atoms with Crippen molar-refractivity contribution in [3.05, 3.63) is 34.3 Å². The van der Waals surface area contributed by atoms with Crippen molar-refractivity contribution < 1.29 is 0 Å². The van der Waals surface area contributed by atoms with Gasteiger partial charge in [-0.25, -0.2) is 0 Å². The fraction of sp³-hybridized carbons (Fsp3) is 0.647. The van der Waals surface area contributed by atoms with Crippen molar-refractivity contribution >= 4 is 11.6 Å². The molecule has 0 aliphatic heterocycles. The van der Waals surface area contributed by atoms with Crippen LogP contribution in [0, 0.1) is 12.3 Å². The highest BCUT2D eigenvalue weighted by Crippen LogP contribution is 2.50. The maximum Gasteiger partial charge on any atom is 0.0438 e. The molecule has 0 bridgehead atoms. The monoisotopic (exact) mass is 279 g/mol. The quantitative estimate of drug-likeness (QED) is 0.774. The first-order chi connectivity index (χ1) is 9.13. The summed E-state index contributed by atoms with van der Waals surface area (Å²) in [4.78, 5) is 0. The molecule has 1 N–H and O–H groups in total. The summed E-state index contributed by atoms with van der Waals surface area (Å²) in [6.45, 7) is 7.62. The lowest BCUT2D eigenvalue weighted by atomic mass is 9.73. The molecule has 1 aliphatic rings. The predicted molar refractivity (Wildman–Crippen MR) is 83.8 cm³/mol. The van der Waals surface area contributed by atoms with Crippen LogP contribution in [0.2, 0.25) is 5.02 Å². The molecule has 1 saturated carbocycles. The van der Waals surface area contributed by atoms with Crippen molar-refractivity contribution in [3.8, 4) is 0 Å². The Morgan fingerprint density at radius 2 is 1.95 bits per heavy atom. The van der Waals surface area contributed by atoms with Crippen LogP contribution in [-0.2, 0) is 0 Å². The number of benzene rings is 1. The van der Waals surface area contributed by atoms with E-state index in [1.807, 2.05) is 0 Å². The summed E-state index contributed by atoms with van der Waals surface area (Å²) in [5, 5.41) is 4.61. The van der Waals surface area contributed by atoms with E-state index in [0.29, 0.717) is 11.5 Å². The van der Waals surface area contributed by atoms with Gasteiger partial charge < -0.3 is 5.32 Å². The average molecular weight is 280 g/mol. The fourth-order valence-corrected chi connectivity index (χ4v) is 3.80. The molecule has 19 heavy (non-hydrogen) atoms. The molecule has 0 amide bonds. The summed E-state index contributed by atoms with van der Waals surface area (Å²) >= 11 is 6.33. The Labute approximate surface area is 122 Å². The van der Waals surface area contributed by atoms with Gasteiger partial charge in [0.15, 0.2) is 0 Å². The summed E-state index contributed by atoms with van der Waals surface area (Å²) in [5.41, 5.74) is 2.95. The Morgan fingerprint density at radius 3 is 2.47 bits per heavy atom. The minimum absolute atomic E-state index is 0.425. The molecule has 0 saturated heterocycles. The third kappa shape index (κ3) is 2.98. The maximum atomic E-state index is 6.33. The van der Waals surface area contributed by atoms with Gasteiger partial charge >= 0.3 is 0 Å². The van der Waals surface area contributed by atoms with E-state index in [1.54, 1.807) is 0 Å². The molecule has 1 unspecified atom stereocenters. The molecule has 106 valence electrons. The van der Waals surface area contributed by atoms with Crippen molar-refractivity contribution in [3.63, 3.8) is 0 Å². The van der Waals surface area contributed by atoms with Gasteiger partial charge in [0.1, 0.15) is 0 Å². The lowest BCUT2D eigenvalue weighted by Crippen LogP contribution is -2.36. The van der Waals surface area contributed by atoms with Crippen LogP contribution in [0.3, 0.4) is 0 Å². The van der Waals surface area contributed by atoms with Crippen molar-refractivity contribution in [1.29, 1.82) is 0 Å². The minimum atomic E-state index is 0.425. The standard InChI is InChI=1S/C17H26ClN/c1-4-17(10-6-7-11-17)16(19-5-2)14-9-8-13(3)15(18)12-14/h8-9,12,16,19H,4-7,10-11H2,1-3H3. The largest absolute Gasteiger partial charge is 0.310 e. The molecular weight excluding hydrogens is 254 g/mol. The van der Waals surface area contributed by atoms with E-state index >= 15 is 0 Å². The number of nitrogens with one attached hydrogen (secondary N) is 1. The van der Waals surface area contributed by atoms with E-state index < -0.39 is 0 Å². The van der Waals surface area contributed by atoms with Gasteiger partial charge in [-0.15, -0.1) is 0 Å². The maximum absolute atomic E-state index is 6.33. The summed E-state index contributed by atoms with van der Waals surface area (Å²) < 4.78 is 0. The van der Waals surface area contributed by atoms with Crippen molar-refractivity contribution in [2.24, 2.45) is 5.41 Å². The van der Waals surface area contributed by atoms with Crippen LogP contribution in [0.1, 0.15) is 63.1 Å². The average Bonchev–Trinajstić information content (AvgIpc) is 2.89. The van der Waals surface area contributed by atoms with Crippen LogP contribution in [0.5, 0.6) is 0 Å². The number of aryl methyl sites for hydroxylation is 1. The summed E-state index contributed by atoms with van der Waals surface area (Å²) in [6.07, 6.45) is 6.67. The van der Waals surface area contributed by atoms with Crippen LogP contribution >= 0.6 is 11.6 Å². The Morgan fingerprint density at radius 1 is 1.26 bits per heavy atom. The second kappa shape index (κ2) is 6.28. The third-order valence-corrected chi connectivity index (χ3v) is 5.26. The molecule has 2 heteroatoms. The van der Waals surface area contributed by atoms with Crippen LogP contribution in [0.25, 0.3) is 0 Å². The summed E-state index contributed by atoms with van der Waals surface area (Å²) in [7, 11) is 0. The zero-order chi connectivity index (χ0) is 13.9. The topological polar surface area (TPSA) is 12.0 Å².